The molecule has 0 saturated heterocycles. The van der Waals surface area contributed by atoms with Gasteiger partial charge in [-0.2, -0.15) is 5.26 Å². The molecule has 0 aromatic heterocycles. The maximum atomic E-state index is 13.1. The Balaban J connectivity index is 3.10. The van der Waals surface area contributed by atoms with Gasteiger partial charge in [-0.25, -0.2) is 4.39 Å². The molecule has 1 aromatic rings. The van der Waals surface area contributed by atoms with Crippen LogP contribution in [0.3, 0.4) is 0 Å². The average molecular weight is 237 g/mol. The second-order valence-corrected chi connectivity index (χ2v) is 3.27. The van der Waals surface area contributed by atoms with E-state index in [4.69, 9.17) is 5.26 Å². The van der Waals surface area contributed by atoms with Gasteiger partial charge in [-0.15, -0.1) is 0 Å². The maximum absolute atomic E-state index is 13.1. The number of nitrogens with zero attached hydrogens (tertiary/aromatic N) is 3. The van der Waals surface area contributed by atoms with E-state index in [0.29, 0.717) is 0 Å². The second-order valence-electron chi connectivity index (χ2n) is 3.27. The van der Waals surface area contributed by atoms with Crippen molar-refractivity contribution in [3.63, 3.8) is 0 Å². The summed E-state index contributed by atoms with van der Waals surface area (Å²) in [5, 5.41) is 18.9. The van der Waals surface area contributed by atoms with Crippen LogP contribution in [0.5, 0.6) is 0 Å². The van der Waals surface area contributed by atoms with E-state index in [0.717, 1.165) is 23.1 Å². The number of carbonyl (C=O) groups is 1. The third-order valence-corrected chi connectivity index (χ3v) is 1.99. The highest BCUT2D eigenvalue weighted by molar-refractivity contribution is 5.94. The summed E-state index contributed by atoms with van der Waals surface area (Å²) in [5.74, 6) is -1.51. The number of nitro benzene ring substituents is 1. The first-order valence-corrected chi connectivity index (χ1v) is 4.53. The molecule has 1 aromatic carbocycles. The van der Waals surface area contributed by atoms with Crippen LogP contribution in [0.4, 0.5) is 10.1 Å². The number of non-ortho nitro benzene ring substituents is 1. The van der Waals surface area contributed by atoms with E-state index in [1.165, 1.54) is 7.05 Å². The van der Waals surface area contributed by atoms with E-state index in [1.807, 2.05) is 0 Å². The van der Waals surface area contributed by atoms with Crippen molar-refractivity contribution in [3.05, 3.63) is 39.7 Å². The van der Waals surface area contributed by atoms with Crippen LogP contribution in [0.1, 0.15) is 10.4 Å². The second kappa shape index (κ2) is 5.03. The lowest BCUT2D eigenvalue weighted by atomic mass is 10.1. The van der Waals surface area contributed by atoms with Gasteiger partial charge >= 0.3 is 0 Å². The Morgan fingerprint density at radius 1 is 1.59 bits per heavy atom. The molecule has 0 heterocycles. The summed E-state index contributed by atoms with van der Waals surface area (Å²) in [6.45, 7) is -0.177. The molecule has 0 aliphatic carbocycles. The number of nitriles is 1. The summed E-state index contributed by atoms with van der Waals surface area (Å²) in [5.41, 5.74) is -0.659. The fourth-order valence-corrected chi connectivity index (χ4v) is 1.20. The molecule has 0 saturated carbocycles. The Labute approximate surface area is 96.0 Å². The molecule has 6 nitrogen and oxygen atoms in total. The highest BCUT2D eigenvalue weighted by Gasteiger charge is 2.17. The Hall–Kier alpha value is -2.49. The quantitative estimate of drug-likeness (QED) is 0.450. The van der Waals surface area contributed by atoms with Gasteiger partial charge in [0.15, 0.2) is 0 Å². The Kier molecular flexibility index (Phi) is 3.72. The van der Waals surface area contributed by atoms with E-state index in [-0.39, 0.29) is 12.1 Å². The number of hydrogen-bond acceptors (Lipinski definition) is 4. The third kappa shape index (κ3) is 2.98. The molecule has 0 aliphatic rings. The predicted octanol–water partition coefficient (Wildman–Crippen LogP) is 1.33. The van der Waals surface area contributed by atoms with Crippen molar-refractivity contribution >= 4 is 11.6 Å². The molecule has 1 amide bonds. The molecule has 0 fully saturated rings. The van der Waals surface area contributed by atoms with Crippen molar-refractivity contribution in [3.8, 4) is 6.07 Å². The molecule has 0 unspecified atom stereocenters. The van der Waals surface area contributed by atoms with Crippen molar-refractivity contribution in [2.75, 3.05) is 13.6 Å². The first-order chi connectivity index (χ1) is 7.95. The largest absolute Gasteiger partial charge is 0.328 e. The highest BCUT2D eigenvalue weighted by Crippen LogP contribution is 2.17. The van der Waals surface area contributed by atoms with Crippen molar-refractivity contribution in [1.82, 2.24) is 4.90 Å². The molecule has 0 N–H and O–H groups in total. The number of amides is 1. The fourth-order valence-electron chi connectivity index (χ4n) is 1.20. The molecule has 1 rings (SSSR count). The van der Waals surface area contributed by atoms with Crippen LogP contribution in [-0.2, 0) is 0 Å². The summed E-state index contributed by atoms with van der Waals surface area (Å²) < 4.78 is 13.1. The van der Waals surface area contributed by atoms with Crippen LogP contribution < -0.4 is 0 Å². The van der Waals surface area contributed by atoms with Gasteiger partial charge in [-0.3, -0.25) is 14.9 Å². The molecule has 7 heteroatoms. The minimum absolute atomic E-state index is 0.158. The summed E-state index contributed by atoms with van der Waals surface area (Å²) in [6, 6.07) is 4.33. The Morgan fingerprint density at radius 2 is 2.24 bits per heavy atom. The van der Waals surface area contributed by atoms with Crippen LogP contribution in [0.2, 0.25) is 0 Å². The van der Waals surface area contributed by atoms with E-state index in [9.17, 15) is 19.3 Å². The molecular weight excluding hydrogens is 229 g/mol. The standard InChI is InChI=1S/C10H8FN3O3/c1-13(3-2-12)10(15)7-4-8(11)6-9(5-7)14(16)17/h4-6H,3H2,1H3. The SMILES string of the molecule is CN(CC#N)C(=O)c1cc(F)cc([N+](=O)[O-])c1. The van der Waals surface area contributed by atoms with Crippen molar-refractivity contribution in [2.45, 2.75) is 0 Å². The van der Waals surface area contributed by atoms with Gasteiger partial charge in [-0.1, -0.05) is 0 Å². The van der Waals surface area contributed by atoms with Gasteiger partial charge in [0.05, 0.1) is 17.1 Å². The van der Waals surface area contributed by atoms with E-state index >= 15 is 0 Å². The third-order valence-electron chi connectivity index (χ3n) is 1.99. The van der Waals surface area contributed by atoms with Crippen LogP contribution in [0.25, 0.3) is 0 Å². The number of nitro groups is 1. The van der Waals surface area contributed by atoms with E-state index in [2.05, 4.69) is 0 Å². The van der Waals surface area contributed by atoms with Crippen LogP contribution in [-0.4, -0.2) is 29.3 Å². The number of carbonyl (C=O) groups excluding carboxylic acids is 1. The zero-order chi connectivity index (χ0) is 13.0. The maximum Gasteiger partial charge on any atom is 0.273 e. The summed E-state index contributed by atoms with van der Waals surface area (Å²) in [6.07, 6.45) is 0. The van der Waals surface area contributed by atoms with Crippen LogP contribution in [0, 0.1) is 27.3 Å². The van der Waals surface area contributed by atoms with Crippen molar-refractivity contribution in [1.29, 1.82) is 5.26 Å². The fraction of sp³-hybridized carbons (Fsp3) is 0.200. The zero-order valence-corrected chi connectivity index (χ0v) is 8.88. The number of hydrogen-bond donors (Lipinski definition) is 0. The molecule has 0 radical (unpaired) electrons. The summed E-state index contributed by atoms with van der Waals surface area (Å²) in [4.78, 5) is 22.4. The van der Waals surface area contributed by atoms with Gasteiger partial charge in [-0.05, 0) is 6.07 Å². The number of halogens is 1. The van der Waals surface area contributed by atoms with Crippen LogP contribution >= 0.6 is 0 Å². The molecule has 17 heavy (non-hydrogen) atoms. The predicted molar refractivity (Wildman–Crippen MR) is 55.6 cm³/mol. The highest BCUT2D eigenvalue weighted by atomic mass is 19.1. The minimum atomic E-state index is -0.868. The van der Waals surface area contributed by atoms with Gasteiger partial charge in [0.1, 0.15) is 12.4 Å². The molecule has 0 atom stereocenters. The first-order valence-electron chi connectivity index (χ1n) is 4.53. The van der Waals surface area contributed by atoms with Gasteiger partial charge < -0.3 is 4.90 Å². The summed E-state index contributed by atoms with van der Waals surface area (Å²) >= 11 is 0. The number of benzene rings is 1. The molecular formula is C10H8FN3O3. The molecule has 0 aliphatic heterocycles. The normalized spacial score (nSPS) is 9.47. The molecule has 0 spiro atoms. The Bertz CT molecular complexity index is 510. The average Bonchev–Trinajstić information content (AvgIpc) is 2.27. The lowest BCUT2D eigenvalue weighted by Gasteiger charge is -2.12. The Morgan fingerprint density at radius 3 is 2.76 bits per heavy atom. The van der Waals surface area contributed by atoms with Crippen molar-refractivity contribution < 1.29 is 14.1 Å². The van der Waals surface area contributed by atoms with E-state index < -0.39 is 22.3 Å². The minimum Gasteiger partial charge on any atom is -0.328 e. The monoisotopic (exact) mass is 237 g/mol. The molecule has 0 bridgehead atoms. The smallest absolute Gasteiger partial charge is 0.273 e. The molecule has 88 valence electrons. The van der Waals surface area contributed by atoms with E-state index in [1.54, 1.807) is 6.07 Å². The lowest BCUT2D eigenvalue weighted by molar-refractivity contribution is -0.385. The van der Waals surface area contributed by atoms with Crippen LogP contribution in [0.15, 0.2) is 18.2 Å². The number of rotatable bonds is 3. The van der Waals surface area contributed by atoms with Crippen molar-refractivity contribution in [2.24, 2.45) is 0 Å². The first kappa shape index (κ1) is 12.6. The van der Waals surface area contributed by atoms with Gasteiger partial charge in [0.2, 0.25) is 0 Å². The summed E-state index contributed by atoms with van der Waals surface area (Å²) in [7, 11) is 1.35. The lowest BCUT2D eigenvalue weighted by Crippen LogP contribution is -2.27. The topological polar surface area (TPSA) is 87.2 Å². The van der Waals surface area contributed by atoms with Gasteiger partial charge in [0, 0.05) is 18.7 Å². The van der Waals surface area contributed by atoms with Gasteiger partial charge in [0.25, 0.3) is 11.6 Å². The zero-order valence-electron chi connectivity index (χ0n) is 8.88.